The Morgan fingerprint density at radius 2 is 2.06 bits per heavy atom. The summed E-state index contributed by atoms with van der Waals surface area (Å²) in [6.45, 7) is 1.98. The molecule has 0 aliphatic carbocycles. The van der Waals surface area contributed by atoms with Gasteiger partial charge in [-0.15, -0.1) is 0 Å². The van der Waals surface area contributed by atoms with Gasteiger partial charge in [-0.3, -0.25) is 0 Å². The van der Waals surface area contributed by atoms with Gasteiger partial charge in [0.05, 0.1) is 26.4 Å². The van der Waals surface area contributed by atoms with Gasteiger partial charge in [-0.25, -0.2) is 0 Å². The second-order valence-electron chi connectivity index (χ2n) is 4.07. The molecule has 0 amide bonds. The van der Waals surface area contributed by atoms with Crippen molar-refractivity contribution in [1.29, 1.82) is 5.26 Å². The maximum Gasteiger partial charge on any atom is 0.127 e. The van der Waals surface area contributed by atoms with E-state index < -0.39 is 12.0 Å². The Labute approximate surface area is 108 Å². The van der Waals surface area contributed by atoms with E-state index in [0.29, 0.717) is 23.5 Å². The van der Waals surface area contributed by atoms with Crippen molar-refractivity contribution in [3.63, 3.8) is 0 Å². The minimum atomic E-state index is -0.678. The number of ether oxygens (including phenoxy) is 2. The molecule has 0 aliphatic rings. The van der Waals surface area contributed by atoms with Crippen LogP contribution in [0.2, 0.25) is 0 Å². The highest BCUT2D eigenvalue weighted by molar-refractivity contribution is 5.45. The molecule has 1 rings (SSSR count). The fourth-order valence-electron chi connectivity index (χ4n) is 1.90. The summed E-state index contributed by atoms with van der Waals surface area (Å²) in [7, 11) is 3.11. The zero-order chi connectivity index (χ0) is 13.5. The zero-order valence-electron chi connectivity index (χ0n) is 11.0. The standard InChI is InChI=1S/C14H19NO3/c1-4-5-13(16)12(9-15)11-7-6-10(17-2)8-14(11)18-3/h6-8,12-13,16H,4-5H2,1-3H3. The molecule has 4 nitrogen and oxygen atoms in total. The van der Waals surface area contributed by atoms with Crippen molar-refractivity contribution < 1.29 is 14.6 Å². The molecular weight excluding hydrogens is 230 g/mol. The summed E-state index contributed by atoms with van der Waals surface area (Å²) in [5, 5.41) is 19.2. The van der Waals surface area contributed by atoms with Crippen molar-refractivity contribution >= 4 is 0 Å². The van der Waals surface area contributed by atoms with E-state index in [4.69, 9.17) is 9.47 Å². The molecule has 0 radical (unpaired) electrons. The van der Waals surface area contributed by atoms with Crippen LogP contribution in [0.15, 0.2) is 18.2 Å². The molecule has 0 bridgehead atoms. The van der Waals surface area contributed by atoms with Crippen LogP contribution in [0.3, 0.4) is 0 Å². The molecule has 0 heterocycles. The predicted molar refractivity (Wildman–Crippen MR) is 68.8 cm³/mol. The Morgan fingerprint density at radius 1 is 1.33 bits per heavy atom. The topological polar surface area (TPSA) is 62.5 Å². The lowest BCUT2D eigenvalue weighted by Crippen LogP contribution is -2.17. The van der Waals surface area contributed by atoms with Crippen LogP contribution in [0.4, 0.5) is 0 Å². The Hall–Kier alpha value is -1.73. The number of methoxy groups -OCH3 is 2. The van der Waals surface area contributed by atoms with E-state index >= 15 is 0 Å². The van der Waals surface area contributed by atoms with Crippen LogP contribution in [0.1, 0.15) is 31.2 Å². The first kappa shape index (κ1) is 14.3. The number of hydrogen-bond donors (Lipinski definition) is 1. The monoisotopic (exact) mass is 249 g/mol. The summed E-state index contributed by atoms with van der Waals surface area (Å²) in [4.78, 5) is 0. The molecule has 2 unspecified atom stereocenters. The largest absolute Gasteiger partial charge is 0.497 e. The van der Waals surface area contributed by atoms with E-state index in [9.17, 15) is 10.4 Å². The number of nitriles is 1. The van der Waals surface area contributed by atoms with Crippen LogP contribution in [0.5, 0.6) is 11.5 Å². The molecule has 1 aromatic rings. The molecule has 1 N–H and O–H groups in total. The van der Waals surface area contributed by atoms with Gasteiger partial charge in [-0.2, -0.15) is 5.26 Å². The van der Waals surface area contributed by atoms with Crippen molar-refractivity contribution in [3.05, 3.63) is 23.8 Å². The van der Waals surface area contributed by atoms with E-state index in [-0.39, 0.29) is 0 Å². The van der Waals surface area contributed by atoms with Gasteiger partial charge in [-0.05, 0) is 12.5 Å². The van der Waals surface area contributed by atoms with Gasteiger partial charge in [0.1, 0.15) is 17.4 Å². The third-order valence-electron chi connectivity index (χ3n) is 2.88. The average molecular weight is 249 g/mol. The van der Waals surface area contributed by atoms with Gasteiger partial charge in [0, 0.05) is 11.6 Å². The average Bonchev–Trinajstić information content (AvgIpc) is 2.40. The van der Waals surface area contributed by atoms with Crippen LogP contribution in [0, 0.1) is 11.3 Å². The molecule has 1 aromatic carbocycles. The van der Waals surface area contributed by atoms with Crippen molar-refractivity contribution in [2.24, 2.45) is 0 Å². The SMILES string of the molecule is CCCC(O)C(C#N)c1ccc(OC)cc1OC. The summed E-state index contributed by atoms with van der Waals surface area (Å²) in [5.74, 6) is 0.652. The van der Waals surface area contributed by atoms with Crippen LogP contribution >= 0.6 is 0 Å². The summed E-state index contributed by atoms with van der Waals surface area (Å²) < 4.78 is 10.4. The predicted octanol–water partition coefficient (Wildman–Crippen LogP) is 2.47. The van der Waals surface area contributed by atoms with Crippen molar-refractivity contribution in [2.75, 3.05) is 14.2 Å². The minimum absolute atomic E-state index is 0.566. The normalized spacial score (nSPS) is 13.5. The van der Waals surface area contributed by atoms with E-state index in [0.717, 1.165) is 6.42 Å². The van der Waals surface area contributed by atoms with E-state index in [1.165, 1.54) is 0 Å². The molecule has 18 heavy (non-hydrogen) atoms. The number of aliphatic hydroxyl groups is 1. The van der Waals surface area contributed by atoms with Gasteiger partial charge < -0.3 is 14.6 Å². The van der Waals surface area contributed by atoms with Crippen molar-refractivity contribution in [3.8, 4) is 17.6 Å². The number of rotatable bonds is 6. The first-order chi connectivity index (χ1) is 8.67. The molecule has 0 spiro atoms. The second kappa shape index (κ2) is 6.87. The first-order valence-corrected chi connectivity index (χ1v) is 5.97. The van der Waals surface area contributed by atoms with Crippen LogP contribution in [0.25, 0.3) is 0 Å². The van der Waals surface area contributed by atoms with E-state index in [2.05, 4.69) is 6.07 Å². The highest BCUT2D eigenvalue weighted by Gasteiger charge is 2.23. The van der Waals surface area contributed by atoms with Gasteiger partial charge in [0.25, 0.3) is 0 Å². The quantitative estimate of drug-likeness (QED) is 0.841. The Bertz CT molecular complexity index is 426. The lowest BCUT2D eigenvalue weighted by atomic mass is 9.91. The maximum atomic E-state index is 10.00. The third kappa shape index (κ3) is 3.14. The number of benzene rings is 1. The van der Waals surface area contributed by atoms with Gasteiger partial charge in [0.15, 0.2) is 0 Å². The molecule has 0 saturated carbocycles. The Kier molecular flexibility index (Phi) is 5.47. The van der Waals surface area contributed by atoms with Gasteiger partial charge >= 0.3 is 0 Å². The smallest absolute Gasteiger partial charge is 0.127 e. The van der Waals surface area contributed by atoms with Crippen LogP contribution in [-0.2, 0) is 0 Å². The molecule has 98 valence electrons. The molecule has 2 atom stereocenters. The molecule has 0 fully saturated rings. The lowest BCUT2D eigenvalue weighted by molar-refractivity contribution is 0.149. The minimum Gasteiger partial charge on any atom is -0.497 e. The van der Waals surface area contributed by atoms with Crippen molar-refractivity contribution in [2.45, 2.75) is 31.8 Å². The summed E-state index contributed by atoms with van der Waals surface area (Å²) >= 11 is 0. The molecule has 0 saturated heterocycles. The number of nitrogens with zero attached hydrogens (tertiary/aromatic N) is 1. The molecular formula is C14H19NO3. The second-order valence-corrected chi connectivity index (χ2v) is 4.07. The number of hydrogen-bond acceptors (Lipinski definition) is 4. The fourth-order valence-corrected chi connectivity index (χ4v) is 1.90. The van der Waals surface area contributed by atoms with E-state index in [1.807, 2.05) is 6.92 Å². The first-order valence-electron chi connectivity index (χ1n) is 5.97. The maximum absolute atomic E-state index is 10.00. The third-order valence-corrected chi connectivity index (χ3v) is 2.88. The summed E-state index contributed by atoms with van der Waals surface area (Å²) in [5.41, 5.74) is 0.696. The highest BCUT2D eigenvalue weighted by Crippen LogP contribution is 2.33. The number of aliphatic hydroxyl groups excluding tert-OH is 1. The molecule has 4 heteroatoms. The fraction of sp³-hybridized carbons (Fsp3) is 0.500. The molecule has 0 aromatic heterocycles. The zero-order valence-corrected chi connectivity index (χ0v) is 11.0. The summed E-state index contributed by atoms with van der Waals surface area (Å²) in [6, 6.07) is 7.40. The van der Waals surface area contributed by atoms with Gasteiger partial charge in [-0.1, -0.05) is 19.4 Å². The van der Waals surface area contributed by atoms with Crippen LogP contribution < -0.4 is 9.47 Å². The highest BCUT2D eigenvalue weighted by atomic mass is 16.5. The Morgan fingerprint density at radius 3 is 2.56 bits per heavy atom. The molecule has 0 aliphatic heterocycles. The van der Waals surface area contributed by atoms with Crippen molar-refractivity contribution in [1.82, 2.24) is 0 Å². The van der Waals surface area contributed by atoms with E-state index in [1.54, 1.807) is 32.4 Å². The lowest BCUT2D eigenvalue weighted by Gasteiger charge is -2.19. The van der Waals surface area contributed by atoms with Gasteiger partial charge in [0.2, 0.25) is 0 Å². The Balaban J connectivity index is 3.09. The summed E-state index contributed by atoms with van der Waals surface area (Å²) in [6.07, 6.45) is 0.743. The van der Waals surface area contributed by atoms with Crippen LogP contribution in [-0.4, -0.2) is 25.4 Å².